The SMILES string of the molecule is CN(Cc1ccc(Cl)cc1)S(=O)(=O)NCCC[C@]1(C)CCCN1. The van der Waals surface area contributed by atoms with Gasteiger partial charge in [-0.25, -0.2) is 4.72 Å². The summed E-state index contributed by atoms with van der Waals surface area (Å²) < 4.78 is 28.5. The Morgan fingerprint density at radius 3 is 2.65 bits per heavy atom. The molecule has 23 heavy (non-hydrogen) atoms. The first kappa shape index (κ1) is 18.7. The minimum atomic E-state index is -3.45. The van der Waals surface area contributed by atoms with Crippen molar-refractivity contribution in [1.82, 2.24) is 14.3 Å². The Kier molecular flexibility index (Phi) is 6.45. The van der Waals surface area contributed by atoms with Gasteiger partial charge >= 0.3 is 0 Å². The predicted octanol–water partition coefficient (Wildman–Crippen LogP) is 2.53. The standard InChI is InChI=1S/C16H26ClN3O2S/c1-16(9-3-11-18-16)10-4-12-19-23(21,22)20(2)13-14-5-7-15(17)8-6-14/h5-8,18-19H,3-4,9-13H2,1-2H3/t16-/m0/s1. The zero-order valence-corrected chi connectivity index (χ0v) is 15.4. The summed E-state index contributed by atoms with van der Waals surface area (Å²) >= 11 is 5.84. The van der Waals surface area contributed by atoms with Crippen LogP contribution in [0.25, 0.3) is 0 Å². The van der Waals surface area contributed by atoms with Crippen molar-refractivity contribution in [1.29, 1.82) is 0 Å². The lowest BCUT2D eigenvalue weighted by molar-refractivity contribution is 0.371. The van der Waals surface area contributed by atoms with Gasteiger partial charge in [0.15, 0.2) is 0 Å². The number of rotatable bonds is 8. The number of nitrogens with one attached hydrogen (secondary N) is 2. The summed E-state index contributed by atoms with van der Waals surface area (Å²) in [6.45, 7) is 4.06. The van der Waals surface area contributed by atoms with E-state index in [1.165, 1.54) is 10.7 Å². The van der Waals surface area contributed by atoms with E-state index in [9.17, 15) is 8.42 Å². The van der Waals surface area contributed by atoms with Crippen LogP contribution in [0.15, 0.2) is 24.3 Å². The van der Waals surface area contributed by atoms with Crippen molar-refractivity contribution in [2.75, 3.05) is 20.1 Å². The summed E-state index contributed by atoms with van der Waals surface area (Å²) in [6.07, 6.45) is 4.18. The van der Waals surface area contributed by atoms with Gasteiger partial charge in [0.05, 0.1) is 0 Å². The Morgan fingerprint density at radius 2 is 2.04 bits per heavy atom. The van der Waals surface area contributed by atoms with Crippen molar-refractivity contribution in [3.63, 3.8) is 0 Å². The zero-order valence-electron chi connectivity index (χ0n) is 13.8. The topological polar surface area (TPSA) is 61.4 Å². The molecule has 0 amide bonds. The molecule has 1 aromatic rings. The molecular formula is C16H26ClN3O2S. The van der Waals surface area contributed by atoms with Crippen molar-refractivity contribution in [2.24, 2.45) is 0 Å². The maximum Gasteiger partial charge on any atom is 0.279 e. The predicted molar refractivity (Wildman–Crippen MR) is 94.7 cm³/mol. The van der Waals surface area contributed by atoms with Crippen LogP contribution < -0.4 is 10.0 Å². The molecule has 0 radical (unpaired) electrons. The van der Waals surface area contributed by atoms with Crippen LogP contribution in [-0.4, -0.2) is 38.4 Å². The Hall–Kier alpha value is -0.660. The highest BCUT2D eigenvalue weighted by molar-refractivity contribution is 7.87. The zero-order chi connectivity index (χ0) is 16.9. The maximum atomic E-state index is 12.3. The normalized spacial score (nSPS) is 21.9. The highest BCUT2D eigenvalue weighted by Crippen LogP contribution is 2.23. The van der Waals surface area contributed by atoms with Crippen LogP contribution in [0.1, 0.15) is 38.2 Å². The fourth-order valence-electron chi connectivity index (χ4n) is 2.89. The van der Waals surface area contributed by atoms with Gasteiger partial charge < -0.3 is 5.32 Å². The summed E-state index contributed by atoms with van der Waals surface area (Å²) in [6, 6.07) is 7.20. The van der Waals surface area contributed by atoms with Crippen molar-refractivity contribution >= 4 is 21.8 Å². The third kappa shape index (κ3) is 5.72. The summed E-state index contributed by atoms with van der Waals surface area (Å²) in [7, 11) is -1.87. The Bertz CT molecular complexity index is 598. The second-order valence-corrected chi connectivity index (χ2v) is 8.78. The van der Waals surface area contributed by atoms with Gasteiger partial charge in [-0.3, -0.25) is 0 Å². The van der Waals surface area contributed by atoms with Crippen molar-refractivity contribution in [3.05, 3.63) is 34.9 Å². The number of halogens is 1. The van der Waals surface area contributed by atoms with E-state index in [4.69, 9.17) is 11.6 Å². The molecule has 7 heteroatoms. The molecule has 1 atom stereocenters. The van der Waals surface area contributed by atoms with Gasteiger partial charge in [0.25, 0.3) is 10.2 Å². The van der Waals surface area contributed by atoms with Crippen LogP contribution >= 0.6 is 11.6 Å². The molecule has 2 N–H and O–H groups in total. The molecule has 1 aromatic carbocycles. The van der Waals surface area contributed by atoms with E-state index in [0.29, 0.717) is 18.1 Å². The van der Waals surface area contributed by atoms with E-state index < -0.39 is 10.2 Å². The Labute approximate surface area is 144 Å². The van der Waals surface area contributed by atoms with E-state index in [2.05, 4.69) is 17.0 Å². The summed E-state index contributed by atoms with van der Waals surface area (Å²) in [5.41, 5.74) is 1.07. The van der Waals surface area contributed by atoms with E-state index in [1.807, 2.05) is 12.1 Å². The van der Waals surface area contributed by atoms with Crippen molar-refractivity contribution in [2.45, 2.75) is 44.7 Å². The minimum Gasteiger partial charge on any atom is -0.312 e. The van der Waals surface area contributed by atoms with Gasteiger partial charge in [0.2, 0.25) is 0 Å². The molecule has 5 nitrogen and oxygen atoms in total. The molecule has 1 saturated heterocycles. The third-order valence-corrected chi connectivity index (χ3v) is 6.15. The fourth-order valence-corrected chi connectivity index (χ4v) is 3.96. The molecule has 0 unspecified atom stereocenters. The summed E-state index contributed by atoms with van der Waals surface area (Å²) in [5.74, 6) is 0. The van der Waals surface area contributed by atoms with Crippen LogP contribution in [-0.2, 0) is 16.8 Å². The first-order chi connectivity index (χ1) is 10.8. The van der Waals surface area contributed by atoms with E-state index in [-0.39, 0.29) is 5.54 Å². The molecule has 1 aliphatic heterocycles. The third-order valence-electron chi connectivity index (χ3n) is 4.38. The second-order valence-electron chi connectivity index (χ2n) is 6.48. The number of hydrogen-bond acceptors (Lipinski definition) is 3. The van der Waals surface area contributed by atoms with Crippen LogP contribution in [0, 0.1) is 0 Å². The first-order valence-corrected chi connectivity index (χ1v) is 9.83. The second kappa shape index (κ2) is 7.94. The number of nitrogens with zero attached hydrogens (tertiary/aromatic N) is 1. The highest BCUT2D eigenvalue weighted by Gasteiger charge is 2.27. The van der Waals surface area contributed by atoms with Crippen LogP contribution in [0.3, 0.4) is 0 Å². The number of hydrogen-bond donors (Lipinski definition) is 2. The lowest BCUT2D eigenvalue weighted by Gasteiger charge is -2.24. The van der Waals surface area contributed by atoms with Crippen LogP contribution in [0.5, 0.6) is 0 Å². The van der Waals surface area contributed by atoms with Gasteiger partial charge in [-0.15, -0.1) is 0 Å². The molecular weight excluding hydrogens is 334 g/mol. The fraction of sp³-hybridized carbons (Fsp3) is 0.625. The Balaban J connectivity index is 1.77. The van der Waals surface area contributed by atoms with E-state index >= 15 is 0 Å². The summed E-state index contributed by atoms with van der Waals surface area (Å²) in [4.78, 5) is 0. The largest absolute Gasteiger partial charge is 0.312 e. The van der Waals surface area contributed by atoms with Gasteiger partial charge in [-0.1, -0.05) is 23.7 Å². The molecule has 0 spiro atoms. The van der Waals surface area contributed by atoms with Crippen molar-refractivity contribution < 1.29 is 8.42 Å². The molecule has 130 valence electrons. The number of benzene rings is 1. The first-order valence-electron chi connectivity index (χ1n) is 8.01. The maximum absolute atomic E-state index is 12.3. The van der Waals surface area contributed by atoms with E-state index in [0.717, 1.165) is 31.4 Å². The van der Waals surface area contributed by atoms with Gasteiger partial charge in [0, 0.05) is 30.7 Å². The molecule has 0 saturated carbocycles. The van der Waals surface area contributed by atoms with Crippen molar-refractivity contribution in [3.8, 4) is 0 Å². The molecule has 1 heterocycles. The lowest BCUT2D eigenvalue weighted by atomic mass is 9.94. The van der Waals surface area contributed by atoms with E-state index in [1.54, 1.807) is 19.2 Å². The Morgan fingerprint density at radius 1 is 1.35 bits per heavy atom. The van der Waals surface area contributed by atoms with Gasteiger partial charge in [-0.05, 0) is 56.8 Å². The van der Waals surface area contributed by atoms with Crippen LogP contribution in [0.2, 0.25) is 5.02 Å². The summed E-state index contributed by atoms with van der Waals surface area (Å²) in [5, 5.41) is 4.14. The average molecular weight is 360 g/mol. The smallest absolute Gasteiger partial charge is 0.279 e. The molecule has 1 aliphatic rings. The van der Waals surface area contributed by atoms with Gasteiger partial charge in [-0.2, -0.15) is 12.7 Å². The average Bonchev–Trinajstić information content (AvgIpc) is 2.93. The molecule has 1 fully saturated rings. The quantitative estimate of drug-likeness (QED) is 0.701. The van der Waals surface area contributed by atoms with Crippen LogP contribution in [0.4, 0.5) is 0 Å². The molecule has 0 aliphatic carbocycles. The minimum absolute atomic E-state index is 0.167. The lowest BCUT2D eigenvalue weighted by Crippen LogP contribution is -2.40. The monoisotopic (exact) mass is 359 g/mol. The highest BCUT2D eigenvalue weighted by atomic mass is 35.5. The molecule has 2 rings (SSSR count). The molecule has 0 aromatic heterocycles. The van der Waals surface area contributed by atoms with Gasteiger partial charge in [0.1, 0.15) is 0 Å². The molecule has 0 bridgehead atoms.